The van der Waals surface area contributed by atoms with E-state index < -0.39 is 0 Å². The Kier molecular flexibility index (Phi) is 8.41. The van der Waals surface area contributed by atoms with Gasteiger partial charge in [-0.25, -0.2) is 0 Å². The van der Waals surface area contributed by atoms with E-state index in [9.17, 15) is 0 Å². The summed E-state index contributed by atoms with van der Waals surface area (Å²) >= 11 is 5.20. The Morgan fingerprint density at radius 3 is 1.65 bits per heavy atom. The Bertz CT molecular complexity index is 194. The highest BCUT2D eigenvalue weighted by Crippen LogP contribution is 2.16. The predicted octanol–water partition coefficient (Wildman–Crippen LogP) is 3.75. The first-order chi connectivity index (χ1) is 8.33. The van der Waals surface area contributed by atoms with Gasteiger partial charge in [0.25, 0.3) is 0 Å². The van der Waals surface area contributed by atoms with Crippen LogP contribution in [0.25, 0.3) is 0 Å². The fourth-order valence-corrected chi connectivity index (χ4v) is 2.73. The normalized spacial score (nSPS) is 21.0. The highest BCUT2D eigenvalue weighted by molar-refractivity contribution is 7.80. The molecule has 0 aromatic heterocycles. The van der Waals surface area contributed by atoms with Gasteiger partial charge in [0.15, 0.2) is 5.11 Å². The zero-order chi connectivity index (χ0) is 12.3. The van der Waals surface area contributed by atoms with E-state index in [0.717, 1.165) is 5.11 Å². The molecule has 2 N–H and O–H groups in total. The van der Waals surface area contributed by atoms with E-state index in [1.807, 2.05) is 7.05 Å². The molecule has 0 amide bonds. The van der Waals surface area contributed by atoms with Crippen LogP contribution < -0.4 is 10.6 Å². The second kappa shape index (κ2) is 9.69. The Balaban J connectivity index is 2.29. The molecule has 0 aromatic carbocycles. The van der Waals surface area contributed by atoms with Crippen molar-refractivity contribution in [1.82, 2.24) is 10.6 Å². The van der Waals surface area contributed by atoms with E-state index in [4.69, 9.17) is 12.2 Å². The molecule has 0 saturated heterocycles. The SMILES string of the molecule is CNC(=S)NC1CCCCCCCCCCC1. The lowest BCUT2D eigenvalue weighted by molar-refractivity contribution is 0.442. The summed E-state index contributed by atoms with van der Waals surface area (Å²) in [6.45, 7) is 0. The third-order valence-electron chi connectivity index (χ3n) is 3.67. The van der Waals surface area contributed by atoms with Crippen molar-refractivity contribution in [3.63, 3.8) is 0 Å². The number of nitrogens with one attached hydrogen (secondary N) is 2. The van der Waals surface area contributed by atoms with Crippen molar-refractivity contribution in [3.8, 4) is 0 Å². The molecule has 100 valence electrons. The number of thiocarbonyl (C=S) groups is 1. The summed E-state index contributed by atoms with van der Waals surface area (Å²) in [4.78, 5) is 0. The minimum absolute atomic E-state index is 0.592. The van der Waals surface area contributed by atoms with Crippen LogP contribution in [0.3, 0.4) is 0 Å². The summed E-state index contributed by atoms with van der Waals surface area (Å²) in [6.07, 6.45) is 15.2. The molecule has 0 unspecified atom stereocenters. The first-order valence-corrected chi connectivity index (χ1v) is 7.72. The Morgan fingerprint density at radius 2 is 1.24 bits per heavy atom. The van der Waals surface area contributed by atoms with E-state index >= 15 is 0 Å². The zero-order valence-electron chi connectivity index (χ0n) is 11.3. The molecular weight excluding hydrogens is 228 g/mol. The number of rotatable bonds is 1. The van der Waals surface area contributed by atoms with Crippen LogP contribution in [0.5, 0.6) is 0 Å². The van der Waals surface area contributed by atoms with Crippen LogP contribution in [0.2, 0.25) is 0 Å². The van der Waals surface area contributed by atoms with Gasteiger partial charge in [-0.15, -0.1) is 0 Å². The largest absolute Gasteiger partial charge is 0.366 e. The minimum Gasteiger partial charge on any atom is -0.366 e. The van der Waals surface area contributed by atoms with Crippen LogP contribution in [0.1, 0.15) is 70.6 Å². The summed E-state index contributed by atoms with van der Waals surface area (Å²) in [5.74, 6) is 0. The molecule has 3 heteroatoms. The Labute approximate surface area is 112 Å². The maximum absolute atomic E-state index is 5.20. The average Bonchev–Trinajstić information content (AvgIpc) is 2.32. The predicted molar refractivity (Wildman–Crippen MR) is 79.4 cm³/mol. The van der Waals surface area contributed by atoms with Gasteiger partial charge in [-0.2, -0.15) is 0 Å². The monoisotopic (exact) mass is 256 g/mol. The van der Waals surface area contributed by atoms with Crippen molar-refractivity contribution in [2.45, 2.75) is 76.7 Å². The van der Waals surface area contributed by atoms with Gasteiger partial charge < -0.3 is 10.6 Å². The summed E-state index contributed by atoms with van der Waals surface area (Å²) in [7, 11) is 1.89. The molecule has 0 heterocycles. The van der Waals surface area contributed by atoms with E-state index in [-0.39, 0.29) is 0 Å². The van der Waals surface area contributed by atoms with E-state index in [2.05, 4.69) is 10.6 Å². The lowest BCUT2D eigenvalue weighted by Gasteiger charge is -2.20. The van der Waals surface area contributed by atoms with Gasteiger partial charge >= 0.3 is 0 Å². The van der Waals surface area contributed by atoms with Gasteiger partial charge in [0.1, 0.15) is 0 Å². The molecule has 1 aliphatic rings. The van der Waals surface area contributed by atoms with Gasteiger partial charge in [0.05, 0.1) is 0 Å². The molecule has 0 atom stereocenters. The second-order valence-electron chi connectivity index (χ2n) is 5.18. The highest BCUT2D eigenvalue weighted by Gasteiger charge is 2.09. The quantitative estimate of drug-likeness (QED) is 0.699. The third-order valence-corrected chi connectivity index (χ3v) is 3.99. The molecule has 1 rings (SSSR count). The standard InChI is InChI=1S/C14H28N2S/c1-15-14(17)16-13-11-9-7-5-3-2-4-6-8-10-12-13/h13H,2-12H2,1H3,(H2,15,16,17). The van der Waals surface area contributed by atoms with E-state index in [1.165, 1.54) is 70.6 Å². The molecule has 2 nitrogen and oxygen atoms in total. The zero-order valence-corrected chi connectivity index (χ0v) is 12.1. The van der Waals surface area contributed by atoms with Crippen LogP contribution >= 0.6 is 12.2 Å². The number of hydrogen-bond acceptors (Lipinski definition) is 1. The maximum Gasteiger partial charge on any atom is 0.166 e. The lowest BCUT2D eigenvalue weighted by atomic mass is 9.98. The first kappa shape index (κ1) is 14.7. The van der Waals surface area contributed by atoms with Gasteiger partial charge in [-0.1, -0.05) is 57.8 Å². The second-order valence-corrected chi connectivity index (χ2v) is 5.59. The summed E-state index contributed by atoms with van der Waals surface area (Å²) in [5, 5.41) is 7.27. The lowest BCUT2D eigenvalue weighted by Crippen LogP contribution is -2.40. The molecule has 1 aliphatic carbocycles. The van der Waals surface area contributed by atoms with Crippen molar-refractivity contribution < 1.29 is 0 Å². The molecule has 0 radical (unpaired) electrons. The molecule has 1 fully saturated rings. The summed E-state index contributed by atoms with van der Waals surface area (Å²) in [5.41, 5.74) is 0. The van der Waals surface area contributed by atoms with Gasteiger partial charge in [0, 0.05) is 13.1 Å². The van der Waals surface area contributed by atoms with Crippen molar-refractivity contribution >= 4 is 17.3 Å². The van der Waals surface area contributed by atoms with E-state index in [1.54, 1.807) is 0 Å². The highest BCUT2D eigenvalue weighted by atomic mass is 32.1. The molecule has 0 aliphatic heterocycles. The van der Waals surface area contributed by atoms with Crippen LogP contribution in [-0.4, -0.2) is 18.2 Å². The Morgan fingerprint density at radius 1 is 0.824 bits per heavy atom. The van der Waals surface area contributed by atoms with Crippen LogP contribution in [0, 0.1) is 0 Å². The molecule has 0 bridgehead atoms. The smallest absolute Gasteiger partial charge is 0.166 e. The molecule has 0 aromatic rings. The first-order valence-electron chi connectivity index (χ1n) is 7.31. The van der Waals surface area contributed by atoms with Crippen LogP contribution in [0.15, 0.2) is 0 Å². The van der Waals surface area contributed by atoms with Gasteiger partial charge in [0.2, 0.25) is 0 Å². The van der Waals surface area contributed by atoms with Gasteiger partial charge in [-0.05, 0) is 25.1 Å². The molecular formula is C14H28N2S. The van der Waals surface area contributed by atoms with Crippen LogP contribution in [-0.2, 0) is 0 Å². The molecule has 0 spiro atoms. The van der Waals surface area contributed by atoms with E-state index in [0.29, 0.717) is 6.04 Å². The topological polar surface area (TPSA) is 24.1 Å². The van der Waals surface area contributed by atoms with Gasteiger partial charge in [-0.3, -0.25) is 0 Å². The summed E-state index contributed by atoms with van der Waals surface area (Å²) < 4.78 is 0. The summed E-state index contributed by atoms with van der Waals surface area (Å²) in [6, 6.07) is 0.592. The van der Waals surface area contributed by atoms with Crippen molar-refractivity contribution in [2.24, 2.45) is 0 Å². The average molecular weight is 256 g/mol. The number of hydrogen-bond donors (Lipinski definition) is 2. The molecule has 17 heavy (non-hydrogen) atoms. The fraction of sp³-hybridized carbons (Fsp3) is 0.929. The minimum atomic E-state index is 0.592. The molecule has 1 saturated carbocycles. The Hall–Kier alpha value is -0.310. The maximum atomic E-state index is 5.20. The third kappa shape index (κ3) is 7.58. The van der Waals surface area contributed by atoms with Crippen molar-refractivity contribution in [1.29, 1.82) is 0 Å². The van der Waals surface area contributed by atoms with Crippen LogP contribution in [0.4, 0.5) is 0 Å². The van der Waals surface area contributed by atoms with Crippen molar-refractivity contribution in [2.75, 3.05) is 7.05 Å². The fourth-order valence-electron chi connectivity index (χ4n) is 2.57. The van der Waals surface area contributed by atoms with Crippen molar-refractivity contribution in [3.05, 3.63) is 0 Å².